The molecule has 0 fully saturated rings. The van der Waals surface area contributed by atoms with Crippen molar-refractivity contribution >= 4 is 56.9 Å². The fraction of sp³-hybridized carbons (Fsp3) is 0.115. The Balaban J connectivity index is 1.55. The van der Waals surface area contributed by atoms with Crippen molar-refractivity contribution in [2.45, 2.75) is 19.0 Å². The predicted octanol–water partition coefficient (Wildman–Crippen LogP) is 5.87. The molecule has 0 bridgehead atoms. The molecule has 0 atom stereocenters. The Bertz CT molecular complexity index is 1610. The first-order valence-electron chi connectivity index (χ1n) is 10.7. The third-order valence-electron chi connectivity index (χ3n) is 5.58. The molecule has 1 amide bonds. The number of aryl methyl sites for hydroxylation is 2. The zero-order chi connectivity index (χ0) is 23.8. The quantitative estimate of drug-likeness (QED) is 0.239. The van der Waals surface area contributed by atoms with Crippen molar-refractivity contribution in [2.75, 3.05) is 11.1 Å². The molecule has 3 aromatic carbocycles. The first kappa shape index (κ1) is 22.3. The number of hydrogen-bond acceptors (Lipinski definition) is 4. The predicted molar refractivity (Wildman–Crippen MR) is 139 cm³/mol. The molecule has 0 aliphatic carbocycles. The molecule has 0 saturated carbocycles. The lowest BCUT2D eigenvalue weighted by molar-refractivity contribution is -0.113. The van der Waals surface area contributed by atoms with Gasteiger partial charge in [-0.3, -0.25) is 14.2 Å². The molecule has 5 rings (SSSR count). The van der Waals surface area contributed by atoms with E-state index in [1.165, 1.54) is 16.3 Å². The molecule has 2 heterocycles. The Morgan fingerprint density at radius 1 is 1.09 bits per heavy atom. The van der Waals surface area contributed by atoms with Crippen molar-refractivity contribution in [3.05, 3.63) is 93.2 Å². The van der Waals surface area contributed by atoms with Crippen LogP contribution >= 0.6 is 23.4 Å². The minimum atomic E-state index is -0.235. The molecule has 0 aliphatic heterocycles. The smallest absolute Gasteiger partial charge is 0.283 e. The number of amides is 1. The van der Waals surface area contributed by atoms with Crippen LogP contribution in [0.2, 0.25) is 5.02 Å². The molecular formula is C26H21ClN4O2S. The largest absolute Gasteiger partial charge is 0.349 e. The molecule has 8 heteroatoms. The van der Waals surface area contributed by atoms with Crippen molar-refractivity contribution in [1.29, 1.82) is 0 Å². The fourth-order valence-corrected chi connectivity index (χ4v) is 4.78. The van der Waals surface area contributed by atoms with Gasteiger partial charge in [-0.15, -0.1) is 0 Å². The van der Waals surface area contributed by atoms with E-state index in [4.69, 9.17) is 16.6 Å². The summed E-state index contributed by atoms with van der Waals surface area (Å²) in [4.78, 5) is 34.4. The highest BCUT2D eigenvalue weighted by molar-refractivity contribution is 7.99. The van der Waals surface area contributed by atoms with Crippen LogP contribution in [0.3, 0.4) is 0 Å². The molecule has 2 N–H and O–H groups in total. The van der Waals surface area contributed by atoms with Crippen molar-refractivity contribution < 1.29 is 4.79 Å². The minimum absolute atomic E-state index is 0.0985. The number of nitrogens with one attached hydrogen (secondary N) is 2. The van der Waals surface area contributed by atoms with Crippen LogP contribution in [0.1, 0.15) is 11.1 Å². The fourth-order valence-electron chi connectivity index (χ4n) is 3.84. The van der Waals surface area contributed by atoms with E-state index in [2.05, 4.69) is 10.3 Å². The van der Waals surface area contributed by atoms with Crippen LogP contribution in [0.4, 0.5) is 5.69 Å². The van der Waals surface area contributed by atoms with Gasteiger partial charge >= 0.3 is 0 Å². The van der Waals surface area contributed by atoms with Crippen molar-refractivity contribution in [3.63, 3.8) is 0 Å². The van der Waals surface area contributed by atoms with Gasteiger partial charge < -0.3 is 10.3 Å². The van der Waals surface area contributed by atoms with E-state index < -0.39 is 0 Å². The number of carbonyl (C=O) groups excluding carboxylic acids is 1. The summed E-state index contributed by atoms with van der Waals surface area (Å²) in [7, 11) is 0. The van der Waals surface area contributed by atoms with E-state index in [0.29, 0.717) is 26.9 Å². The molecule has 0 aliphatic rings. The van der Waals surface area contributed by atoms with E-state index in [-0.39, 0.29) is 17.2 Å². The van der Waals surface area contributed by atoms with Crippen molar-refractivity contribution in [3.8, 4) is 5.69 Å². The molecular weight excluding hydrogens is 468 g/mol. The summed E-state index contributed by atoms with van der Waals surface area (Å²) in [5.41, 5.74) is 5.06. The number of carbonyl (C=O) groups is 1. The summed E-state index contributed by atoms with van der Waals surface area (Å²) < 4.78 is 1.52. The molecule has 0 saturated heterocycles. The van der Waals surface area contributed by atoms with E-state index in [1.54, 1.807) is 24.3 Å². The van der Waals surface area contributed by atoms with Gasteiger partial charge in [-0.05, 0) is 61.4 Å². The van der Waals surface area contributed by atoms with Crippen molar-refractivity contribution in [1.82, 2.24) is 14.5 Å². The third kappa shape index (κ3) is 4.20. The van der Waals surface area contributed by atoms with E-state index in [9.17, 15) is 9.59 Å². The van der Waals surface area contributed by atoms with Crippen molar-refractivity contribution in [2.24, 2.45) is 0 Å². The zero-order valence-corrected chi connectivity index (χ0v) is 20.1. The number of anilines is 1. The Labute approximate surface area is 205 Å². The number of para-hydroxylation sites is 1. The van der Waals surface area contributed by atoms with Crippen LogP contribution in [0, 0.1) is 13.8 Å². The average molecular weight is 489 g/mol. The number of fused-ring (bicyclic) bond motifs is 3. The summed E-state index contributed by atoms with van der Waals surface area (Å²) in [6.45, 7) is 3.93. The molecule has 0 radical (unpaired) electrons. The second kappa shape index (κ2) is 9.00. The highest BCUT2D eigenvalue weighted by Gasteiger charge is 2.18. The van der Waals surface area contributed by atoms with Gasteiger partial charge in [-0.2, -0.15) is 0 Å². The maximum atomic E-state index is 13.6. The summed E-state index contributed by atoms with van der Waals surface area (Å²) >= 11 is 7.28. The number of aromatic amines is 1. The van der Waals surface area contributed by atoms with Crippen LogP contribution in [-0.2, 0) is 4.79 Å². The summed E-state index contributed by atoms with van der Waals surface area (Å²) in [6, 6.07) is 20.5. The van der Waals surface area contributed by atoms with Crippen LogP contribution in [0.15, 0.2) is 76.7 Å². The SMILES string of the molecule is Cc1ccc(C)c(NC(=O)CSc2nc3c([nH]c4ccccc43)c(=O)n2-c2ccc(Cl)cc2)c1. The highest BCUT2D eigenvalue weighted by Crippen LogP contribution is 2.27. The van der Waals surface area contributed by atoms with Gasteiger partial charge in [0.1, 0.15) is 11.0 Å². The molecule has 0 unspecified atom stereocenters. The van der Waals surface area contributed by atoms with Gasteiger partial charge in [0, 0.05) is 21.6 Å². The minimum Gasteiger partial charge on any atom is -0.349 e. The van der Waals surface area contributed by atoms with E-state index >= 15 is 0 Å². The molecule has 170 valence electrons. The molecule has 6 nitrogen and oxygen atoms in total. The zero-order valence-electron chi connectivity index (χ0n) is 18.6. The summed E-state index contributed by atoms with van der Waals surface area (Å²) in [5.74, 6) is -0.0732. The molecule has 0 spiro atoms. The monoisotopic (exact) mass is 488 g/mol. The van der Waals surface area contributed by atoms with Crippen LogP contribution < -0.4 is 10.9 Å². The second-order valence-electron chi connectivity index (χ2n) is 8.06. The Hall–Kier alpha value is -3.55. The Morgan fingerprint density at radius 3 is 2.65 bits per heavy atom. The maximum Gasteiger partial charge on any atom is 0.283 e. The van der Waals surface area contributed by atoms with Gasteiger partial charge in [0.15, 0.2) is 5.16 Å². The van der Waals surface area contributed by atoms with Crippen LogP contribution in [-0.4, -0.2) is 26.2 Å². The number of nitrogens with zero attached hydrogens (tertiary/aromatic N) is 2. The number of halogens is 1. The Morgan fingerprint density at radius 2 is 1.85 bits per heavy atom. The number of H-pyrrole nitrogens is 1. The standard InChI is InChI=1S/C26H21ClN4O2S/c1-15-7-8-16(2)21(13-15)28-22(32)14-34-26-30-23-19-5-3-4-6-20(19)29-24(23)25(33)31(26)18-11-9-17(27)10-12-18/h3-13,29H,14H2,1-2H3,(H,28,32). The third-order valence-corrected chi connectivity index (χ3v) is 6.77. The lowest BCUT2D eigenvalue weighted by Crippen LogP contribution is -2.23. The lowest BCUT2D eigenvalue weighted by atomic mass is 10.1. The van der Waals surface area contributed by atoms with Gasteiger partial charge in [0.2, 0.25) is 5.91 Å². The maximum absolute atomic E-state index is 13.6. The number of hydrogen-bond donors (Lipinski definition) is 2. The van der Waals surface area contributed by atoms with E-state index in [0.717, 1.165) is 27.7 Å². The second-order valence-corrected chi connectivity index (χ2v) is 9.44. The number of rotatable bonds is 5. The highest BCUT2D eigenvalue weighted by atomic mass is 35.5. The lowest BCUT2D eigenvalue weighted by Gasteiger charge is -2.13. The Kier molecular flexibility index (Phi) is 5.89. The topological polar surface area (TPSA) is 79.8 Å². The molecule has 5 aromatic rings. The summed E-state index contributed by atoms with van der Waals surface area (Å²) in [5, 5.41) is 4.83. The normalized spacial score (nSPS) is 11.3. The van der Waals surface area contributed by atoms with Gasteiger partial charge in [0.25, 0.3) is 5.56 Å². The number of aromatic nitrogens is 3. The van der Waals surface area contributed by atoms with Crippen LogP contribution in [0.5, 0.6) is 0 Å². The van der Waals surface area contributed by atoms with Gasteiger partial charge in [-0.25, -0.2) is 4.98 Å². The molecule has 34 heavy (non-hydrogen) atoms. The first-order valence-corrected chi connectivity index (χ1v) is 12.1. The first-order chi connectivity index (χ1) is 16.4. The van der Waals surface area contributed by atoms with E-state index in [1.807, 2.05) is 56.3 Å². The average Bonchev–Trinajstić information content (AvgIpc) is 3.20. The van der Waals surface area contributed by atoms with Gasteiger partial charge in [0.05, 0.1) is 11.4 Å². The van der Waals surface area contributed by atoms with Gasteiger partial charge in [-0.1, -0.05) is 53.7 Å². The number of benzene rings is 3. The molecule has 2 aromatic heterocycles. The van der Waals surface area contributed by atoms with Crippen LogP contribution in [0.25, 0.3) is 27.6 Å². The number of thioether (sulfide) groups is 1. The summed E-state index contributed by atoms with van der Waals surface area (Å²) in [6.07, 6.45) is 0.